The Labute approximate surface area is 158 Å². The summed E-state index contributed by atoms with van der Waals surface area (Å²) >= 11 is 6.12. The highest BCUT2D eigenvalue weighted by Gasteiger charge is 2.13. The maximum absolute atomic E-state index is 14.0. The Kier molecular flexibility index (Phi) is 6.12. The zero-order valence-electron chi connectivity index (χ0n) is 15.1. The Balaban J connectivity index is 1.91. The van der Waals surface area contributed by atoms with Gasteiger partial charge >= 0.3 is 0 Å². The van der Waals surface area contributed by atoms with Crippen LogP contribution in [-0.2, 0) is 13.2 Å². The minimum atomic E-state index is -0.349. The largest absolute Gasteiger partial charge is 0.488 e. The van der Waals surface area contributed by atoms with Crippen molar-refractivity contribution in [3.05, 3.63) is 76.6 Å². The zero-order valence-corrected chi connectivity index (χ0v) is 15.8. The molecule has 1 unspecified atom stereocenters. The van der Waals surface area contributed by atoms with E-state index in [0.29, 0.717) is 23.2 Å². The number of halogens is 2. The molecule has 136 valence electrons. The van der Waals surface area contributed by atoms with E-state index < -0.39 is 0 Å². The first-order valence-corrected chi connectivity index (χ1v) is 9.27. The SMILES string of the molecule is CCC(C)NCc1c(OCc2c(F)cccc2Cl)ccc2ccccc12. The average molecular weight is 372 g/mol. The number of benzene rings is 3. The fourth-order valence-electron chi connectivity index (χ4n) is 2.87. The first-order valence-electron chi connectivity index (χ1n) is 8.89. The van der Waals surface area contributed by atoms with Gasteiger partial charge in [-0.15, -0.1) is 0 Å². The molecule has 3 rings (SSSR count). The van der Waals surface area contributed by atoms with Crippen LogP contribution in [-0.4, -0.2) is 6.04 Å². The number of hydrogen-bond acceptors (Lipinski definition) is 2. The van der Waals surface area contributed by atoms with Gasteiger partial charge in [0, 0.05) is 23.7 Å². The van der Waals surface area contributed by atoms with Crippen LogP contribution in [0.4, 0.5) is 4.39 Å². The Morgan fingerprint density at radius 1 is 1.04 bits per heavy atom. The van der Waals surface area contributed by atoms with Crippen LogP contribution in [0.2, 0.25) is 5.02 Å². The van der Waals surface area contributed by atoms with Crippen molar-refractivity contribution in [2.24, 2.45) is 0 Å². The molecule has 0 aliphatic carbocycles. The highest BCUT2D eigenvalue weighted by atomic mass is 35.5. The molecule has 0 saturated heterocycles. The van der Waals surface area contributed by atoms with E-state index in [2.05, 4.69) is 31.3 Å². The molecule has 0 fully saturated rings. The lowest BCUT2D eigenvalue weighted by atomic mass is 10.0. The quantitative estimate of drug-likeness (QED) is 0.541. The standard InChI is InChI=1S/C22H23ClFNO/c1-3-15(2)25-13-18-17-8-5-4-7-16(17)11-12-22(18)26-14-19-20(23)9-6-10-21(19)24/h4-12,15,25H,3,13-14H2,1-2H3. The molecule has 4 heteroatoms. The second-order valence-corrected chi connectivity index (χ2v) is 6.85. The van der Waals surface area contributed by atoms with Gasteiger partial charge in [-0.1, -0.05) is 54.9 Å². The van der Waals surface area contributed by atoms with Gasteiger partial charge in [-0.2, -0.15) is 0 Å². The number of ether oxygens (including phenoxy) is 1. The van der Waals surface area contributed by atoms with Crippen molar-refractivity contribution in [3.8, 4) is 5.75 Å². The van der Waals surface area contributed by atoms with Gasteiger partial charge in [-0.25, -0.2) is 4.39 Å². The predicted octanol–water partition coefficient (Wildman–Crippen LogP) is 6.10. The lowest BCUT2D eigenvalue weighted by molar-refractivity contribution is 0.296. The molecule has 0 amide bonds. The van der Waals surface area contributed by atoms with E-state index in [4.69, 9.17) is 16.3 Å². The molecule has 0 saturated carbocycles. The molecule has 0 heterocycles. The number of rotatable bonds is 7. The van der Waals surface area contributed by atoms with Crippen LogP contribution >= 0.6 is 11.6 Å². The van der Waals surface area contributed by atoms with Gasteiger partial charge < -0.3 is 10.1 Å². The van der Waals surface area contributed by atoms with Crippen molar-refractivity contribution < 1.29 is 9.13 Å². The van der Waals surface area contributed by atoms with E-state index in [1.165, 1.54) is 6.07 Å². The second kappa shape index (κ2) is 8.52. The Bertz CT molecular complexity index is 876. The zero-order chi connectivity index (χ0) is 18.5. The normalized spacial score (nSPS) is 12.3. The van der Waals surface area contributed by atoms with Gasteiger partial charge in [0.25, 0.3) is 0 Å². The van der Waals surface area contributed by atoms with E-state index in [9.17, 15) is 4.39 Å². The van der Waals surface area contributed by atoms with Gasteiger partial charge in [-0.3, -0.25) is 0 Å². The molecule has 1 N–H and O–H groups in total. The summed E-state index contributed by atoms with van der Waals surface area (Å²) in [6.45, 7) is 5.10. The molecular weight excluding hydrogens is 349 g/mol. The summed E-state index contributed by atoms with van der Waals surface area (Å²) in [5, 5.41) is 6.20. The first kappa shape index (κ1) is 18.7. The summed E-state index contributed by atoms with van der Waals surface area (Å²) < 4.78 is 20.0. The fraction of sp³-hybridized carbons (Fsp3) is 0.273. The minimum absolute atomic E-state index is 0.0974. The van der Waals surface area contributed by atoms with E-state index in [0.717, 1.165) is 28.5 Å². The van der Waals surface area contributed by atoms with Gasteiger partial charge in [-0.05, 0) is 42.3 Å². The first-order chi connectivity index (χ1) is 12.6. The molecule has 2 nitrogen and oxygen atoms in total. The van der Waals surface area contributed by atoms with Crippen molar-refractivity contribution >= 4 is 22.4 Å². The number of hydrogen-bond donors (Lipinski definition) is 1. The highest BCUT2D eigenvalue weighted by molar-refractivity contribution is 6.31. The van der Waals surface area contributed by atoms with Crippen LogP contribution in [0.25, 0.3) is 10.8 Å². The molecule has 1 atom stereocenters. The molecule has 3 aromatic carbocycles. The topological polar surface area (TPSA) is 21.3 Å². The lowest BCUT2D eigenvalue weighted by Crippen LogP contribution is -2.24. The summed E-state index contributed by atoms with van der Waals surface area (Å²) in [6.07, 6.45) is 1.05. The van der Waals surface area contributed by atoms with E-state index in [1.54, 1.807) is 12.1 Å². The Morgan fingerprint density at radius 2 is 1.85 bits per heavy atom. The molecule has 0 radical (unpaired) electrons. The van der Waals surface area contributed by atoms with Crippen molar-refractivity contribution in [1.29, 1.82) is 0 Å². The maximum Gasteiger partial charge on any atom is 0.131 e. The summed E-state index contributed by atoms with van der Waals surface area (Å²) in [5.74, 6) is 0.399. The van der Waals surface area contributed by atoms with Gasteiger partial charge in [0.1, 0.15) is 18.2 Å². The van der Waals surface area contributed by atoms with Crippen LogP contribution in [0.3, 0.4) is 0 Å². The molecule has 0 aliphatic heterocycles. The summed E-state index contributed by atoms with van der Waals surface area (Å²) in [4.78, 5) is 0. The summed E-state index contributed by atoms with van der Waals surface area (Å²) in [6, 6.07) is 17.3. The summed E-state index contributed by atoms with van der Waals surface area (Å²) in [7, 11) is 0. The maximum atomic E-state index is 14.0. The average Bonchev–Trinajstić information content (AvgIpc) is 2.66. The van der Waals surface area contributed by atoms with Crippen LogP contribution in [0, 0.1) is 5.82 Å². The van der Waals surface area contributed by atoms with E-state index in [1.807, 2.05) is 24.3 Å². The van der Waals surface area contributed by atoms with E-state index >= 15 is 0 Å². The molecule has 0 spiro atoms. The van der Waals surface area contributed by atoms with Crippen LogP contribution in [0.5, 0.6) is 5.75 Å². The van der Waals surface area contributed by atoms with Gasteiger partial charge in [0.15, 0.2) is 0 Å². The third-order valence-corrected chi connectivity index (χ3v) is 5.03. The molecule has 0 bridgehead atoms. The van der Waals surface area contributed by atoms with Crippen molar-refractivity contribution in [3.63, 3.8) is 0 Å². The molecule has 26 heavy (non-hydrogen) atoms. The third-order valence-electron chi connectivity index (χ3n) is 4.67. The van der Waals surface area contributed by atoms with Gasteiger partial charge in [0.05, 0.1) is 5.02 Å². The Morgan fingerprint density at radius 3 is 2.62 bits per heavy atom. The minimum Gasteiger partial charge on any atom is -0.488 e. The smallest absolute Gasteiger partial charge is 0.131 e. The van der Waals surface area contributed by atoms with Gasteiger partial charge in [0.2, 0.25) is 0 Å². The van der Waals surface area contributed by atoms with Crippen LogP contribution in [0.1, 0.15) is 31.4 Å². The Hall–Kier alpha value is -2.10. The predicted molar refractivity (Wildman–Crippen MR) is 106 cm³/mol. The van der Waals surface area contributed by atoms with Crippen molar-refractivity contribution in [2.75, 3.05) is 0 Å². The molecule has 0 aromatic heterocycles. The molecule has 0 aliphatic rings. The summed E-state index contributed by atoms with van der Waals surface area (Å²) in [5.41, 5.74) is 1.46. The van der Waals surface area contributed by atoms with E-state index in [-0.39, 0.29) is 12.4 Å². The fourth-order valence-corrected chi connectivity index (χ4v) is 3.09. The number of nitrogens with one attached hydrogen (secondary N) is 1. The van der Waals surface area contributed by atoms with Crippen molar-refractivity contribution in [1.82, 2.24) is 5.32 Å². The second-order valence-electron chi connectivity index (χ2n) is 6.44. The third kappa shape index (κ3) is 4.17. The van der Waals surface area contributed by atoms with Crippen LogP contribution < -0.4 is 10.1 Å². The van der Waals surface area contributed by atoms with Crippen LogP contribution in [0.15, 0.2) is 54.6 Å². The van der Waals surface area contributed by atoms with Crippen molar-refractivity contribution in [2.45, 2.75) is 39.5 Å². The molecular formula is C22H23ClFNO. The highest BCUT2D eigenvalue weighted by Crippen LogP contribution is 2.30. The number of fused-ring (bicyclic) bond motifs is 1. The lowest BCUT2D eigenvalue weighted by Gasteiger charge is -2.18. The molecule has 3 aromatic rings. The monoisotopic (exact) mass is 371 g/mol.